The third-order valence-corrected chi connectivity index (χ3v) is 6.57. The van der Waals surface area contributed by atoms with Crippen molar-refractivity contribution >= 4 is 10.1 Å². The van der Waals surface area contributed by atoms with Gasteiger partial charge in [-0.25, -0.2) is 0 Å². The fourth-order valence-electron chi connectivity index (χ4n) is 3.47. The van der Waals surface area contributed by atoms with Gasteiger partial charge >= 0.3 is 0 Å². The SMILES string of the molecule is CCCCCCC(O)CCCCCCCCC(CCCCC)S(=O)(=O)O. The summed E-state index contributed by atoms with van der Waals surface area (Å²) in [7, 11) is -3.90. The maximum Gasteiger partial charge on any atom is 0.267 e. The molecule has 4 nitrogen and oxygen atoms in total. The second-order valence-electron chi connectivity index (χ2n) is 7.83. The van der Waals surface area contributed by atoms with Crippen LogP contribution in [0.5, 0.6) is 0 Å². The van der Waals surface area contributed by atoms with Gasteiger partial charge in [-0.15, -0.1) is 0 Å². The number of hydrogen-bond donors (Lipinski definition) is 2. The molecular formula is C21H44O4S. The molecule has 0 rings (SSSR count). The van der Waals surface area contributed by atoms with Crippen LogP contribution in [0.15, 0.2) is 0 Å². The summed E-state index contributed by atoms with van der Waals surface area (Å²) in [6, 6.07) is 0. The maximum absolute atomic E-state index is 11.4. The topological polar surface area (TPSA) is 74.6 Å². The van der Waals surface area contributed by atoms with E-state index in [0.717, 1.165) is 77.0 Å². The Kier molecular flexibility index (Phi) is 16.9. The van der Waals surface area contributed by atoms with Gasteiger partial charge in [0.05, 0.1) is 11.4 Å². The van der Waals surface area contributed by atoms with Crippen molar-refractivity contribution < 1.29 is 18.1 Å². The zero-order chi connectivity index (χ0) is 19.7. The number of aliphatic hydroxyl groups is 1. The first-order valence-electron chi connectivity index (χ1n) is 11.1. The van der Waals surface area contributed by atoms with Crippen LogP contribution < -0.4 is 0 Å². The van der Waals surface area contributed by atoms with Gasteiger partial charge in [0.2, 0.25) is 0 Å². The van der Waals surface area contributed by atoms with E-state index in [9.17, 15) is 18.1 Å². The Morgan fingerprint density at radius 1 is 0.615 bits per heavy atom. The van der Waals surface area contributed by atoms with E-state index in [-0.39, 0.29) is 6.10 Å². The lowest BCUT2D eigenvalue weighted by molar-refractivity contribution is 0.147. The standard InChI is InChI=1S/C21H44O4S/c1-3-5-7-13-16-20(22)17-14-10-8-9-11-15-19-21(26(23,24)25)18-12-6-4-2/h20-22H,3-19H2,1-2H3,(H,23,24,25). The van der Waals surface area contributed by atoms with Gasteiger partial charge in [0, 0.05) is 0 Å². The van der Waals surface area contributed by atoms with E-state index >= 15 is 0 Å². The van der Waals surface area contributed by atoms with Gasteiger partial charge in [0.15, 0.2) is 0 Å². The van der Waals surface area contributed by atoms with Crippen LogP contribution in [-0.2, 0) is 10.1 Å². The Morgan fingerprint density at radius 2 is 0.962 bits per heavy atom. The molecule has 0 aromatic heterocycles. The molecule has 158 valence electrons. The van der Waals surface area contributed by atoms with Crippen LogP contribution in [0.2, 0.25) is 0 Å². The third kappa shape index (κ3) is 16.1. The van der Waals surface area contributed by atoms with Crippen LogP contribution in [0, 0.1) is 0 Å². The van der Waals surface area contributed by atoms with E-state index < -0.39 is 15.4 Å². The predicted molar refractivity (Wildman–Crippen MR) is 111 cm³/mol. The molecule has 0 aliphatic heterocycles. The van der Waals surface area contributed by atoms with Crippen molar-refractivity contribution in [3.63, 3.8) is 0 Å². The molecule has 26 heavy (non-hydrogen) atoms. The molecule has 0 aromatic carbocycles. The van der Waals surface area contributed by atoms with Gasteiger partial charge in [-0.2, -0.15) is 8.42 Å². The fraction of sp³-hybridized carbons (Fsp3) is 1.00. The lowest BCUT2D eigenvalue weighted by atomic mass is 10.0. The van der Waals surface area contributed by atoms with Crippen molar-refractivity contribution in [3.05, 3.63) is 0 Å². The highest BCUT2D eigenvalue weighted by molar-refractivity contribution is 7.86. The van der Waals surface area contributed by atoms with E-state index in [1.165, 1.54) is 19.3 Å². The monoisotopic (exact) mass is 392 g/mol. The van der Waals surface area contributed by atoms with Gasteiger partial charge in [-0.05, 0) is 25.7 Å². The summed E-state index contributed by atoms with van der Waals surface area (Å²) in [6.07, 6.45) is 17.1. The van der Waals surface area contributed by atoms with Crippen molar-refractivity contribution in [2.75, 3.05) is 0 Å². The minimum Gasteiger partial charge on any atom is -0.393 e. The Labute approximate surface area is 162 Å². The lowest BCUT2D eigenvalue weighted by Crippen LogP contribution is -2.20. The summed E-state index contributed by atoms with van der Waals surface area (Å²) in [6.45, 7) is 4.29. The molecule has 0 saturated heterocycles. The number of aliphatic hydroxyl groups excluding tert-OH is 1. The lowest BCUT2D eigenvalue weighted by Gasteiger charge is -2.13. The Morgan fingerprint density at radius 3 is 1.42 bits per heavy atom. The molecule has 0 fully saturated rings. The molecule has 0 saturated carbocycles. The average Bonchev–Trinajstić information content (AvgIpc) is 2.58. The summed E-state index contributed by atoms with van der Waals surface area (Å²) < 4.78 is 32.2. The highest BCUT2D eigenvalue weighted by atomic mass is 32.2. The Balaban J connectivity index is 3.60. The first kappa shape index (κ1) is 25.9. The van der Waals surface area contributed by atoms with E-state index in [2.05, 4.69) is 13.8 Å². The van der Waals surface area contributed by atoms with Crippen molar-refractivity contribution in [1.82, 2.24) is 0 Å². The van der Waals surface area contributed by atoms with Crippen molar-refractivity contribution in [3.8, 4) is 0 Å². The second-order valence-corrected chi connectivity index (χ2v) is 9.53. The number of unbranched alkanes of at least 4 members (excludes halogenated alkanes) is 10. The van der Waals surface area contributed by atoms with Crippen molar-refractivity contribution in [1.29, 1.82) is 0 Å². The van der Waals surface area contributed by atoms with Gasteiger partial charge in [-0.3, -0.25) is 4.55 Å². The van der Waals surface area contributed by atoms with Crippen LogP contribution in [0.1, 0.15) is 123 Å². The summed E-state index contributed by atoms with van der Waals surface area (Å²) in [5, 5.41) is 9.36. The minimum absolute atomic E-state index is 0.134. The smallest absolute Gasteiger partial charge is 0.267 e. The molecule has 0 spiro atoms. The number of rotatable bonds is 19. The molecule has 0 aliphatic rings. The first-order chi connectivity index (χ1) is 12.4. The predicted octanol–water partition coefficient (Wildman–Crippen LogP) is 6.28. The second kappa shape index (κ2) is 17.0. The van der Waals surface area contributed by atoms with Gasteiger partial charge in [0.1, 0.15) is 0 Å². The van der Waals surface area contributed by atoms with E-state index in [0.29, 0.717) is 12.8 Å². The fourth-order valence-corrected chi connectivity index (χ4v) is 4.40. The van der Waals surface area contributed by atoms with Crippen molar-refractivity contribution in [2.24, 2.45) is 0 Å². The third-order valence-electron chi connectivity index (χ3n) is 5.26. The molecule has 2 atom stereocenters. The van der Waals surface area contributed by atoms with Crippen molar-refractivity contribution in [2.45, 2.75) is 134 Å². The van der Waals surface area contributed by atoms with Crippen LogP contribution in [0.3, 0.4) is 0 Å². The average molecular weight is 393 g/mol. The van der Waals surface area contributed by atoms with Gasteiger partial charge in [-0.1, -0.05) is 97.3 Å². The van der Waals surface area contributed by atoms with E-state index in [1.807, 2.05) is 0 Å². The molecule has 0 aromatic rings. The summed E-state index contributed by atoms with van der Waals surface area (Å²) in [5.41, 5.74) is 0. The quantitative estimate of drug-likeness (QED) is 0.200. The zero-order valence-electron chi connectivity index (χ0n) is 17.3. The molecule has 2 N–H and O–H groups in total. The van der Waals surface area contributed by atoms with Crippen LogP contribution in [0.25, 0.3) is 0 Å². The molecule has 0 amide bonds. The molecule has 2 unspecified atom stereocenters. The van der Waals surface area contributed by atoms with Crippen LogP contribution in [0.4, 0.5) is 0 Å². The zero-order valence-corrected chi connectivity index (χ0v) is 18.1. The van der Waals surface area contributed by atoms with Gasteiger partial charge < -0.3 is 5.11 Å². The molecule has 0 radical (unpaired) electrons. The van der Waals surface area contributed by atoms with E-state index in [1.54, 1.807) is 0 Å². The maximum atomic E-state index is 11.4. The largest absolute Gasteiger partial charge is 0.393 e. The summed E-state index contributed by atoms with van der Waals surface area (Å²) in [5.74, 6) is 0. The van der Waals surface area contributed by atoms with E-state index in [4.69, 9.17) is 0 Å². The number of hydrogen-bond acceptors (Lipinski definition) is 3. The van der Waals surface area contributed by atoms with Crippen LogP contribution in [-0.4, -0.2) is 29.4 Å². The Hall–Kier alpha value is -0.130. The summed E-state index contributed by atoms with van der Waals surface area (Å²) in [4.78, 5) is 0. The van der Waals surface area contributed by atoms with Gasteiger partial charge in [0.25, 0.3) is 10.1 Å². The highest BCUT2D eigenvalue weighted by Gasteiger charge is 2.21. The summed E-state index contributed by atoms with van der Waals surface area (Å²) >= 11 is 0. The minimum atomic E-state index is -3.90. The molecular weight excluding hydrogens is 348 g/mol. The highest BCUT2D eigenvalue weighted by Crippen LogP contribution is 2.19. The Bertz CT molecular complexity index is 395. The molecule has 0 bridgehead atoms. The van der Waals surface area contributed by atoms with Crippen LogP contribution >= 0.6 is 0 Å². The first-order valence-corrected chi connectivity index (χ1v) is 12.6. The molecule has 5 heteroatoms. The normalized spacial score (nSPS) is 14.5. The molecule has 0 aliphatic carbocycles. The molecule has 0 heterocycles.